The highest BCUT2D eigenvalue weighted by atomic mass is 32.2. The standard InChI is InChI=1S/C27H33F2N5O2S/c1-18(27(2,3)4)36-25-24(16-31-34(26(25)35)23-14-20(28)13-21(29)15-23)32-9-11-33(12-10-32)37-17-19-5-7-22(30)8-6-19/h5-8,13-16,18H,9-12,17,30H2,1-4H3. The molecular weight excluding hydrogens is 496 g/mol. The normalized spacial score (nSPS) is 15.6. The number of piperazine rings is 1. The Kier molecular flexibility index (Phi) is 8.08. The maximum Gasteiger partial charge on any atom is 0.316 e. The highest BCUT2D eigenvalue weighted by molar-refractivity contribution is 7.96. The Bertz CT molecular complexity index is 1270. The highest BCUT2D eigenvalue weighted by Crippen LogP contribution is 2.31. The van der Waals surface area contributed by atoms with Gasteiger partial charge in [0, 0.05) is 43.7 Å². The third kappa shape index (κ3) is 6.61. The van der Waals surface area contributed by atoms with Crippen molar-refractivity contribution in [2.24, 2.45) is 5.41 Å². The van der Waals surface area contributed by atoms with Crippen LogP contribution in [0.4, 0.5) is 20.2 Å². The molecule has 2 heterocycles. The molecule has 1 aliphatic rings. The fraction of sp³-hybridized carbons (Fsp3) is 0.407. The van der Waals surface area contributed by atoms with Crippen molar-refractivity contribution in [3.8, 4) is 11.4 Å². The maximum atomic E-state index is 13.9. The van der Waals surface area contributed by atoms with E-state index in [-0.39, 0.29) is 23.0 Å². The molecular formula is C27H33F2N5O2S. The summed E-state index contributed by atoms with van der Waals surface area (Å²) in [5.41, 5.74) is 7.52. The summed E-state index contributed by atoms with van der Waals surface area (Å²) in [5.74, 6) is -0.596. The first-order chi connectivity index (χ1) is 17.5. The van der Waals surface area contributed by atoms with Crippen LogP contribution in [-0.4, -0.2) is 46.4 Å². The largest absolute Gasteiger partial charge is 0.483 e. The summed E-state index contributed by atoms with van der Waals surface area (Å²) in [7, 11) is 0. The second-order valence-corrected chi connectivity index (χ2v) is 11.3. The summed E-state index contributed by atoms with van der Waals surface area (Å²) in [6, 6.07) is 10.8. The molecule has 0 amide bonds. The molecule has 0 saturated carbocycles. The van der Waals surface area contributed by atoms with Gasteiger partial charge in [0.1, 0.15) is 23.4 Å². The van der Waals surface area contributed by atoms with Gasteiger partial charge in [-0.1, -0.05) is 44.9 Å². The van der Waals surface area contributed by atoms with Crippen LogP contribution in [0.25, 0.3) is 5.69 Å². The van der Waals surface area contributed by atoms with Crippen molar-refractivity contribution in [1.29, 1.82) is 0 Å². The second-order valence-electron chi connectivity index (χ2n) is 10.3. The van der Waals surface area contributed by atoms with E-state index < -0.39 is 17.2 Å². The van der Waals surface area contributed by atoms with Gasteiger partial charge < -0.3 is 15.4 Å². The van der Waals surface area contributed by atoms with Gasteiger partial charge in [0.15, 0.2) is 0 Å². The number of hydrogen-bond acceptors (Lipinski definition) is 7. The smallest absolute Gasteiger partial charge is 0.316 e. The average Bonchev–Trinajstić information content (AvgIpc) is 2.84. The zero-order valence-electron chi connectivity index (χ0n) is 21.6. The van der Waals surface area contributed by atoms with E-state index in [1.807, 2.05) is 52.0 Å². The third-order valence-electron chi connectivity index (χ3n) is 6.49. The van der Waals surface area contributed by atoms with E-state index in [0.29, 0.717) is 18.8 Å². The number of rotatable bonds is 7. The molecule has 2 aromatic carbocycles. The van der Waals surface area contributed by atoms with E-state index in [1.54, 1.807) is 18.1 Å². The molecule has 4 rings (SSSR count). The van der Waals surface area contributed by atoms with Crippen LogP contribution in [0.2, 0.25) is 0 Å². The molecule has 0 bridgehead atoms. The molecule has 37 heavy (non-hydrogen) atoms. The summed E-state index contributed by atoms with van der Waals surface area (Å²) >= 11 is 1.76. The molecule has 1 aliphatic heterocycles. The number of aromatic nitrogens is 2. The first-order valence-corrected chi connectivity index (χ1v) is 13.2. The number of hydrogen-bond donors (Lipinski definition) is 1. The maximum absolute atomic E-state index is 13.9. The van der Waals surface area contributed by atoms with Crippen molar-refractivity contribution in [3.63, 3.8) is 0 Å². The van der Waals surface area contributed by atoms with Crippen LogP contribution >= 0.6 is 11.9 Å². The number of halogens is 2. The molecule has 0 radical (unpaired) electrons. The Balaban J connectivity index is 1.56. The molecule has 2 N–H and O–H groups in total. The summed E-state index contributed by atoms with van der Waals surface area (Å²) < 4.78 is 37.3. The monoisotopic (exact) mass is 529 g/mol. The third-order valence-corrected chi connectivity index (χ3v) is 7.69. The van der Waals surface area contributed by atoms with Crippen LogP contribution in [0.3, 0.4) is 0 Å². The van der Waals surface area contributed by atoms with E-state index in [9.17, 15) is 13.6 Å². The molecule has 0 aliphatic carbocycles. The van der Waals surface area contributed by atoms with E-state index in [0.717, 1.165) is 47.4 Å². The van der Waals surface area contributed by atoms with Gasteiger partial charge in [-0.2, -0.15) is 9.78 Å². The predicted molar refractivity (Wildman–Crippen MR) is 145 cm³/mol. The van der Waals surface area contributed by atoms with Gasteiger partial charge in [0.25, 0.3) is 0 Å². The summed E-state index contributed by atoms with van der Waals surface area (Å²) in [4.78, 5) is 15.6. The summed E-state index contributed by atoms with van der Waals surface area (Å²) in [6.07, 6.45) is 1.25. The van der Waals surface area contributed by atoms with Crippen LogP contribution in [0.1, 0.15) is 33.3 Å². The van der Waals surface area contributed by atoms with Crippen molar-refractivity contribution in [2.45, 2.75) is 39.6 Å². The Labute approximate surface area is 220 Å². The molecule has 1 atom stereocenters. The average molecular weight is 530 g/mol. The first-order valence-electron chi connectivity index (χ1n) is 12.2. The molecule has 1 saturated heterocycles. The molecule has 1 unspecified atom stereocenters. The van der Waals surface area contributed by atoms with Crippen molar-refractivity contribution in [2.75, 3.05) is 36.8 Å². The van der Waals surface area contributed by atoms with Crippen LogP contribution < -0.4 is 20.9 Å². The second kappa shape index (κ2) is 11.1. The van der Waals surface area contributed by atoms with Gasteiger partial charge in [0.05, 0.1) is 11.9 Å². The molecule has 1 aromatic heterocycles. The zero-order valence-corrected chi connectivity index (χ0v) is 22.4. The van der Waals surface area contributed by atoms with Gasteiger partial charge in [-0.25, -0.2) is 13.1 Å². The molecule has 3 aromatic rings. The van der Waals surface area contributed by atoms with Crippen LogP contribution in [0, 0.1) is 17.0 Å². The molecule has 7 nitrogen and oxygen atoms in total. The predicted octanol–water partition coefficient (Wildman–Crippen LogP) is 4.88. The number of nitrogens with zero attached hydrogens (tertiary/aromatic N) is 4. The lowest BCUT2D eigenvalue weighted by Crippen LogP contribution is -2.44. The number of anilines is 2. The quantitative estimate of drug-likeness (QED) is 0.345. The van der Waals surface area contributed by atoms with Crippen LogP contribution in [0.15, 0.2) is 53.5 Å². The molecule has 10 heteroatoms. The van der Waals surface area contributed by atoms with E-state index in [2.05, 4.69) is 14.3 Å². The number of benzene rings is 2. The SMILES string of the molecule is CC(Oc1c(N2CCN(SCc3ccc(N)cc3)CC2)cnn(-c2cc(F)cc(F)c2)c1=O)C(C)(C)C. The topological polar surface area (TPSA) is 76.6 Å². The molecule has 1 fully saturated rings. The first kappa shape index (κ1) is 26.9. The van der Waals surface area contributed by atoms with Gasteiger partial charge >= 0.3 is 5.56 Å². The van der Waals surface area contributed by atoms with Crippen molar-refractivity contribution in [3.05, 3.63) is 76.2 Å². The summed E-state index contributed by atoms with van der Waals surface area (Å²) in [6.45, 7) is 10.9. The van der Waals surface area contributed by atoms with Crippen LogP contribution in [0.5, 0.6) is 5.75 Å². The van der Waals surface area contributed by atoms with Crippen molar-refractivity contribution < 1.29 is 13.5 Å². The van der Waals surface area contributed by atoms with E-state index in [4.69, 9.17) is 10.5 Å². The highest BCUT2D eigenvalue weighted by Gasteiger charge is 2.28. The number of ether oxygens (including phenoxy) is 1. The Morgan fingerprint density at radius 1 is 1.05 bits per heavy atom. The molecule has 0 spiro atoms. The van der Waals surface area contributed by atoms with Crippen molar-refractivity contribution >= 4 is 23.3 Å². The van der Waals surface area contributed by atoms with Gasteiger partial charge in [0.2, 0.25) is 5.75 Å². The van der Waals surface area contributed by atoms with Crippen molar-refractivity contribution in [1.82, 2.24) is 14.1 Å². The fourth-order valence-corrected chi connectivity index (χ4v) is 4.75. The summed E-state index contributed by atoms with van der Waals surface area (Å²) in [5, 5.41) is 4.26. The molecule has 198 valence electrons. The Morgan fingerprint density at radius 3 is 2.27 bits per heavy atom. The lowest BCUT2D eigenvalue weighted by molar-refractivity contribution is 0.102. The van der Waals surface area contributed by atoms with Gasteiger partial charge in [-0.05, 0) is 42.2 Å². The zero-order chi connectivity index (χ0) is 26.7. The van der Waals surface area contributed by atoms with Gasteiger partial charge in [-0.3, -0.25) is 4.79 Å². The number of nitrogen functional groups attached to an aromatic ring is 1. The van der Waals surface area contributed by atoms with E-state index in [1.165, 1.54) is 5.56 Å². The Hall–Kier alpha value is -3.11. The van der Waals surface area contributed by atoms with E-state index >= 15 is 0 Å². The Morgan fingerprint density at radius 2 is 1.68 bits per heavy atom. The minimum atomic E-state index is -0.786. The minimum absolute atomic E-state index is 0.00574. The lowest BCUT2D eigenvalue weighted by atomic mass is 9.90. The fourth-order valence-electron chi connectivity index (χ4n) is 3.80. The lowest BCUT2D eigenvalue weighted by Gasteiger charge is -2.36. The van der Waals surface area contributed by atoms with Crippen LogP contribution in [-0.2, 0) is 5.75 Å². The minimum Gasteiger partial charge on any atom is -0.483 e. The van der Waals surface area contributed by atoms with Gasteiger partial charge in [-0.15, -0.1) is 0 Å². The number of nitrogens with two attached hydrogens (primary N) is 1.